The summed E-state index contributed by atoms with van der Waals surface area (Å²) < 4.78 is 5.63. The Labute approximate surface area is 174 Å². The Morgan fingerprint density at radius 3 is 2.68 bits per heavy atom. The molecule has 0 aliphatic heterocycles. The lowest BCUT2D eigenvalue weighted by Crippen LogP contribution is -2.34. The smallest absolute Gasteiger partial charge is 0.257 e. The first-order valence-electron chi connectivity index (χ1n) is 9.37. The van der Waals surface area contributed by atoms with Crippen LogP contribution in [0.25, 0.3) is 0 Å². The highest BCUT2D eigenvalue weighted by molar-refractivity contribution is 7.80. The van der Waals surface area contributed by atoms with Crippen LogP contribution in [0, 0.1) is 17.2 Å². The van der Waals surface area contributed by atoms with Gasteiger partial charge < -0.3 is 10.1 Å². The maximum Gasteiger partial charge on any atom is 0.257 e. The van der Waals surface area contributed by atoms with Crippen molar-refractivity contribution in [3.8, 4) is 11.8 Å². The second-order valence-electron chi connectivity index (χ2n) is 7.16. The van der Waals surface area contributed by atoms with Gasteiger partial charge in [0.05, 0.1) is 12.2 Å². The number of nitrogens with one attached hydrogen (secondary N) is 2. The van der Waals surface area contributed by atoms with Gasteiger partial charge in [0.25, 0.3) is 5.91 Å². The molecule has 0 bridgehead atoms. The van der Waals surface area contributed by atoms with Crippen LogP contribution in [0.3, 0.4) is 0 Å². The van der Waals surface area contributed by atoms with Crippen molar-refractivity contribution in [2.45, 2.75) is 39.5 Å². The van der Waals surface area contributed by atoms with Gasteiger partial charge in [0.1, 0.15) is 16.8 Å². The van der Waals surface area contributed by atoms with Crippen molar-refractivity contribution in [2.24, 2.45) is 5.92 Å². The zero-order valence-electron chi connectivity index (χ0n) is 16.0. The molecular formula is C21H23N3O2S2. The number of nitriles is 1. The monoisotopic (exact) mass is 413 g/mol. The third-order valence-electron chi connectivity index (χ3n) is 4.44. The maximum atomic E-state index is 12.4. The minimum atomic E-state index is -0.298. The zero-order chi connectivity index (χ0) is 20.1. The number of hydrogen-bond donors (Lipinski definition) is 2. The molecule has 2 aromatic rings. The number of nitrogens with zero attached hydrogens (tertiary/aromatic N) is 1. The molecule has 0 saturated carbocycles. The summed E-state index contributed by atoms with van der Waals surface area (Å²) in [5.74, 6) is 0.870. The van der Waals surface area contributed by atoms with Crippen molar-refractivity contribution in [2.75, 3.05) is 11.9 Å². The number of aryl methyl sites for hydroxylation is 1. The third-order valence-corrected chi connectivity index (χ3v) is 5.85. The fraction of sp³-hybridized carbons (Fsp3) is 0.381. The molecule has 1 aliphatic carbocycles. The van der Waals surface area contributed by atoms with E-state index in [1.54, 1.807) is 35.6 Å². The molecule has 0 atom stereocenters. The standard InChI is InChI=1S/C21H23N3O2S2/c1-13(2)12-26-15-9-7-14(8-10-15)19(25)23-21(27)24-20-17(11-22)16-5-3-4-6-18(16)28-20/h7-10,13H,3-6,12H2,1-2H3,(H2,23,24,25,27). The van der Waals surface area contributed by atoms with Crippen molar-refractivity contribution >= 4 is 39.6 Å². The zero-order valence-corrected chi connectivity index (χ0v) is 17.6. The van der Waals surface area contributed by atoms with E-state index >= 15 is 0 Å². The van der Waals surface area contributed by atoms with Crippen molar-refractivity contribution < 1.29 is 9.53 Å². The number of thiophene rings is 1. The van der Waals surface area contributed by atoms with E-state index in [1.807, 2.05) is 0 Å². The number of carbonyl (C=O) groups excluding carboxylic acids is 1. The van der Waals surface area contributed by atoms with Gasteiger partial charge >= 0.3 is 0 Å². The van der Waals surface area contributed by atoms with Crippen LogP contribution in [-0.2, 0) is 12.8 Å². The van der Waals surface area contributed by atoms with Crippen molar-refractivity contribution in [3.63, 3.8) is 0 Å². The first-order valence-corrected chi connectivity index (χ1v) is 10.6. The molecule has 0 saturated heterocycles. The Morgan fingerprint density at radius 2 is 2.00 bits per heavy atom. The summed E-state index contributed by atoms with van der Waals surface area (Å²) in [4.78, 5) is 13.7. The number of hydrogen-bond acceptors (Lipinski definition) is 5. The molecule has 0 radical (unpaired) electrons. The lowest BCUT2D eigenvalue weighted by molar-refractivity contribution is 0.0977. The van der Waals surface area contributed by atoms with E-state index in [4.69, 9.17) is 17.0 Å². The molecule has 1 aromatic carbocycles. The van der Waals surface area contributed by atoms with E-state index in [0.717, 1.165) is 42.0 Å². The molecule has 146 valence electrons. The van der Waals surface area contributed by atoms with Gasteiger partial charge in [0.2, 0.25) is 0 Å². The first kappa shape index (κ1) is 20.3. The fourth-order valence-corrected chi connectivity index (χ4v) is 4.55. The maximum absolute atomic E-state index is 12.4. The van der Waals surface area contributed by atoms with Crippen LogP contribution in [0.2, 0.25) is 0 Å². The van der Waals surface area contributed by atoms with Crippen LogP contribution in [0.5, 0.6) is 5.75 Å². The first-order chi connectivity index (χ1) is 13.5. The highest BCUT2D eigenvalue weighted by Gasteiger charge is 2.21. The lowest BCUT2D eigenvalue weighted by atomic mass is 9.96. The van der Waals surface area contributed by atoms with Crippen LogP contribution in [-0.4, -0.2) is 17.6 Å². The summed E-state index contributed by atoms with van der Waals surface area (Å²) in [6.07, 6.45) is 4.19. The minimum absolute atomic E-state index is 0.195. The van der Waals surface area contributed by atoms with Crippen LogP contribution in [0.1, 0.15) is 53.1 Å². The number of thiocarbonyl (C=S) groups is 1. The van der Waals surface area contributed by atoms with Crippen LogP contribution in [0.4, 0.5) is 5.00 Å². The average molecular weight is 414 g/mol. The van der Waals surface area contributed by atoms with Crippen LogP contribution < -0.4 is 15.4 Å². The Bertz CT molecular complexity index is 911. The summed E-state index contributed by atoms with van der Waals surface area (Å²) in [7, 11) is 0. The Morgan fingerprint density at radius 1 is 1.29 bits per heavy atom. The Kier molecular flexibility index (Phi) is 6.65. The van der Waals surface area contributed by atoms with Gasteiger partial charge in [-0.25, -0.2) is 0 Å². The average Bonchev–Trinajstić information content (AvgIpc) is 3.03. The number of rotatable bonds is 5. The molecule has 1 aliphatic rings. The topological polar surface area (TPSA) is 74.2 Å². The van der Waals surface area contributed by atoms with Crippen molar-refractivity contribution in [1.82, 2.24) is 5.32 Å². The van der Waals surface area contributed by atoms with E-state index in [9.17, 15) is 10.1 Å². The van der Waals surface area contributed by atoms with Gasteiger partial charge in [-0.1, -0.05) is 13.8 Å². The number of anilines is 1. The molecular weight excluding hydrogens is 390 g/mol. The van der Waals surface area contributed by atoms with E-state index in [1.165, 1.54) is 4.88 Å². The molecule has 1 amide bonds. The largest absolute Gasteiger partial charge is 0.493 e. The quantitative estimate of drug-likeness (QED) is 0.698. The van der Waals surface area contributed by atoms with E-state index in [2.05, 4.69) is 30.6 Å². The molecule has 1 aromatic heterocycles. The fourth-order valence-electron chi connectivity index (χ4n) is 3.05. The highest BCUT2D eigenvalue weighted by atomic mass is 32.1. The van der Waals surface area contributed by atoms with E-state index < -0.39 is 0 Å². The SMILES string of the molecule is CC(C)COc1ccc(C(=O)NC(=S)Nc2sc3c(c2C#N)CCCC3)cc1. The summed E-state index contributed by atoms with van der Waals surface area (Å²) in [5.41, 5.74) is 2.28. The van der Waals surface area contributed by atoms with Crippen molar-refractivity contribution in [3.05, 3.63) is 45.8 Å². The molecule has 2 N–H and O–H groups in total. The predicted octanol–water partition coefficient (Wildman–Crippen LogP) is 4.66. The normalized spacial score (nSPS) is 12.8. The molecule has 3 rings (SSSR count). The summed E-state index contributed by atoms with van der Waals surface area (Å²) in [6, 6.07) is 9.24. The number of ether oxygens (including phenoxy) is 1. The number of carbonyl (C=O) groups is 1. The summed E-state index contributed by atoms with van der Waals surface area (Å²) in [6.45, 7) is 4.79. The molecule has 7 heteroatoms. The van der Waals surface area contributed by atoms with Gasteiger partial charge in [-0.15, -0.1) is 11.3 Å². The molecule has 0 fully saturated rings. The highest BCUT2D eigenvalue weighted by Crippen LogP contribution is 2.37. The van der Waals surface area contributed by atoms with Crippen LogP contribution in [0.15, 0.2) is 24.3 Å². The Hall–Kier alpha value is -2.43. The molecule has 1 heterocycles. The third kappa shape index (κ3) is 4.89. The van der Waals surface area contributed by atoms with Crippen LogP contribution >= 0.6 is 23.6 Å². The van der Waals surface area contributed by atoms with Gasteiger partial charge in [-0.2, -0.15) is 5.26 Å². The van der Waals surface area contributed by atoms with Gasteiger partial charge in [0.15, 0.2) is 5.11 Å². The second-order valence-corrected chi connectivity index (χ2v) is 8.68. The number of amides is 1. The second kappa shape index (κ2) is 9.18. The van der Waals surface area contributed by atoms with E-state index in [-0.39, 0.29) is 11.0 Å². The van der Waals surface area contributed by atoms with Gasteiger partial charge in [-0.3, -0.25) is 10.1 Å². The summed E-state index contributed by atoms with van der Waals surface area (Å²) >= 11 is 6.84. The van der Waals surface area contributed by atoms with Gasteiger partial charge in [0, 0.05) is 10.4 Å². The lowest BCUT2D eigenvalue weighted by Gasteiger charge is -2.11. The number of benzene rings is 1. The minimum Gasteiger partial charge on any atom is -0.493 e. The summed E-state index contributed by atoms with van der Waals surface area (Å²) in [5, 5.41) is 16.1. The van der Waals surface area contributed by atoms with Gasteiger partial charge in [-0.05, 0) is 73.6 Å². The van der Waals surface area contributed by atoms with Crippen molar-refractivity contribution in [1.29, 1.82) is 5.26 Å². The Balaban J connectivity index is 1.61. The molecule has 0 unspecified atom stereocenters. The molecule has 28 heavy (non-hydrogen) atoms. The molecule has 0 spiro atoms. The number of fused-ring (bicyclic) bond motifs is 1. The predicted molar refractivity (Wildman–Crippen MR) is 116 cm³/mol. The molecule has 5 nitrogen and oxygen atoms in total. The van der Waals surface area contributed by atoms with E-state index in [0.29, 0.717) is 23.7 Å².